The number of carbonyl (C=O) groups is 1. The summed E-state index contributed by atoms with van der Waals surface area (Å²) in [6, 6.07) is 9.17. The molecule has 0 aliphatic carbocycles. The summed E-state index contributed by atoms with van der Waals surface area (Å²) in [5, 5.41) is 11.0. The van der Waals surface area contributed by atoms with Gasteiger partial charge in [-0.25, -0.2) is 4.98 Å². The summed E-state index contributed by atoms with van der Waals surface area (Å²) in [7, 11) is 0. The Bertz CT molecular complexity index is 995. The molecule has 2 aromatic heterocycles. The van der Waals surface area contributed by atoms with Crippen molar-refractivity contribution in [2.24, 2.45) is 0 Å². The average molecular weight is 363 g/mol. The Morgan fingerprint density at radius 1 is 1.21 bits per heavy atom. The molecule has 0 bridgehead atoms. The van der Waals surface area contributed by atoms with E-state index in [1.54, 1.807) is 24.3 Å². The number of hydrogen-bond acceptors (Lipinski definition) is 5. The molecule has 8 heteroatoms. The summed E-state index contributed by atoms with van der Waals surface area (Å²) >= 11 is 11.6. The van der Waals surface area contributed by atoms with Crippen LogP contribution in [0.1, 0.15) is 21.8 Å². The Balaban J connectivity index is 2.03. The molecule has 0 saturated carbocycles. The highest BCUT2D eigenvalue weighted by Gasteiger charge is 2.12. The van der Waals surface area contributed by atoms with Gasteiger partial charge in [-0.15, -0.1) is 0 Å². The smallest absolute Gasteiger partial charge is 0.401 e. The predicted octanol–water partition coefficient (Wildman–Crippen LogP) is 4.94. The van der Waals surface area contributed by atoms with Gasteiger partial charge in [-0.05, 0) is 48.0 Å². The lowest BCUT2D eigenvalue weighted by atomic mass is 10.1. The summed E-state index contributed by atoms with van der Waals surface area (Å²) in [6.45, 7) is 0. The largest absolute Gasteiger partial charge is 0.433 e. The van der Waals surface area contributed by atoms with Gasteiger partial charge < -0.3 is 4.42 Å². The zero-order valence-electron chi connectivity index (χ0n) is 11.9. The van der Waals surface area contributed by atoms with Crippen LogP contribution in [0, 0.1) is 10.1 Å². The van der Waals surface area contributed by atoms with Crippen LogP contribution in [0.4, 0.5) is 5.88 Å². The summed E-state index contributed by atoms with van der Waals surface area (Å²) in [6.07, 6.45) is 3.07. The summed E-state index contributed by atoms with van der Waals surface area (Å²) in [5.74, 6) is -0.0713. The second kappa shape index (κ2) is 6.43. The third-order valence-corrected chi connectivity index (χ3v) is 3.65. The second-order valence-corrected chi connectivity index (χ2v) is 5.58. The molecule has 2 heterocycles. The second-order valence-electron chi connectivity index (χ2n) is 4.80. The van der Waals surface area contributed by atoms with Gasteiger partial charge in [0.25, 0.3) is 5.24 Å². The minimum Gasteiger partial charge on any atom is -0.401 e. The lowest BCUT2D eigenvalue weighted by Crippen LogP contribution is -1.95. The number of furan rings is 1. The number of nitrogens with zero attached hydrogens (tertiary/aromatic N) is 2. The van der Waals surface area contributed by atoms with E-state index in [1.807, 2.05) is 0 Å². The SMILES string of the molecule is O=C(Cl)c1cc(/C=C/c2ccc([N+](=O)[O-])o2)nc2cc(Cl)ccc12. The van der Waals surface area contributed by atoms with Crippen LogP contribution in [0.5, 0.6) is 0 Å². The molecule has 0 amide bonds. The zero-order chi connectivity index (χ0) is 17.3. The Morgan fingerprint density at radius 3 is 2.67 bits per heavy atom. The Morgan fingerprint density at radius 2 is 2.00 bits per heavy atom. The summed E-state index contributed by atoms with van der Waals surface area (Å²) in [4.78, 5) is 26.0. The van der Waals surface area contributed by atoms with E-state index in [0.29, 0.717) is 27.2 Å². The molecule has 3 aromatic rings. The van der Waals surface area contributed by atoms with Gasteiger partial charge in [-0.3, -0.25) is 14.9 Å². The maximum absolute atomic E-state index is 11.6. The molecule has 0 aliphatic rings. The van der Waals surface area contributed by atoms with Gasteiger partial charge in [0.1, 0.15) is 10.7 Å². The molecule has 0 atom stereocenters. The molecule has 3 rings (SSSR count). The lowest BCUT2D eigenvalue weighted by Gasteiger charge is -2.04. The molecule has 1 aromatic carbocycles. The molecule has 120 valence electrons. The third-order valence-electron chi connectivity index (χ3n) is 3.21. The normalized spacial score (nSPS) is 11.2. The minimum absolute atomic E-state index is 0.286. The fourth-order valence-electron chi connectivity index (χ4n) is 2.17. The first-order chi connectivity index (χ1) is 11.4. The molecule has 0 N–H and O–H groups in total. The van der Waals surface area contributed by atoms with Gasteiger partial charge in [0.05, 0.1) is 17.3 Å². The topological polar surface area (TPSA) is 86.2 Å². The number of aromatic nitrogens is 1. The van der Waals surface area contributed by atoms with Crippen molar-refractivity contribution in [3.63, 3.8) is 0 Å². The molecule has 0 radical (unpaired) electrons. The summed E-state index contributed by atoms with van der Waals surface area (Å²) in [5.41, 5.74) is 1.25. The van der Waals surface area contributed by atoms with Crippen LogP contribution in [-0.4, -0.2) is 15.1 Å². The Labute approximate surface area is 145 Å². The first-order valence-electron chi connectivity index (χ1n) is 6.66. The highest BCUT2D eigenvalue weighted by atomic mass is 35.5. The quantitative estimate of drug-likeness (QED) is 0.372. The Kier molecular flexibility index (Phi) is 4.33. The molecule has 0 fully saturated rings. The van der Waals surface area contributed by atoms with E-state index in [-0.39, 0.29) is 11.6 Å². The van der Waals surface area contributed by atoms with Crippen molar-refractivity contribution in [1.82, 2.24) is 4.98 Å². The first-order valence-corrected chi connectivity index (χ1v) is 7.42. The van der Waals surface area contributed by atoms with E-state index >= 15 is 0 Å². The molecule has 0 spiro atoms. The van der Waals surface area contributed by atoms with Crippen LogP contribution in [-0.2, 0) is 0 Å². The van der Waals surface area contributed by atoms with E-state index in [4.69, 9.17) is 27.6 Å². The van der Waals surface area contributed by atoms with Crippen molar-refractivity contribution in [2.75, 3.05) is 0 Å². The average Bonchev–Trinajstić information content (AvgIpc) is 3.00. The van der Waals surface area contributed by atoms with E-state index in [1.165, 1.54) is 24.3 Å². The number of hydrogen-bond donors (Lipinski definition) is 0. The van der Waals surface area contributed by atoms with Gasteiger partial charge in [0.15, 0.2) is 0 Å². The first kappa shape index (κ1) is 16.2. The van der Waals surface area contributed by atoms with E-state index in [2.05, 4.69) is 4.98 Å². The van der Waals surface area contributed by atoms with Gasteiger partial charge in [-0.1, -0.05) is 17.7 Å². The lowest BCUT2D eigenvalue weighted by molar-refractivity contribution is -0.402. The van der Waals surface area contributed by atoms with Crippen molar-refractivity contribution in [3.05, 3.63) is 68.6 Å². The maximum atomic E-state index is 11.6. The fraction of sp³-hybridized carbons (Fsp3) is 0. The van der Waals surface area contributed by atoms with Crippen LogP contribution >= 0.6 is 23.2 Å². The highest BCUT2D eigenvalue weighted by Crippen LogP contribution is 2.25. The molecular formula is C16H8Cl2N2O4. The molecule has 0 saturated heterocycles. The van der Waals surface area contributed by atoms with Gasteiger partial charge in [0, 0.05) is 16.0 Å². The number of pyridine rings is 1. The zero-order valence-corrected chi connectivity index (χ0v) is 13.4. The third kappa shape index (κ3) is 3.29. The van der Waals surface area contributed by atoms with Crippen LogP contribution in [0.2, 0.25) is 5.02 Å². The molecule has 0 aliphatic heterocycles. The maximum Gasteiger partial charge on any atom is 0.433 e. The number of carbonyl (C=O) groups excluding carboxylic acids is 1. The van der Waals surface area contributed by atoms with Crippen LogP contribution in [0.3, 0.4) is 0 Å². The van der Waals surface area contributed by atoms with Gasteiger partial charge in [0.2, 0.25) is 0 Å². The standard InChI is InChI=1S/C16H8Cl2N2O4/c17-9-1-5-12-13(16(18)21)8-10(19-14(12)7-9)2-3-11-4-6-15(24-11)20(22)23/h1-8H/b3-2+. The monoisotopic (exact) mass is 362 g/mol. The number of benzene rings is 1. The minimum atomic E-state index is -0.627. The molecule has 0 unspecified atom stereocenters. The number of fused-ring (bicyclic) bond motifs is 1. The Hall–Kier alpha value is -2.70. The van der Waals surface area contributed by atoms with Gasteiger partial charge in [-0.2, -0.15) is 0 Å². The van der Waals surface area contributed by atoms with E-state index in [9.17, 15) is 14.9 Å². The fourth-order valence-corrected chi connectivity index (χ4v) is 2.49. The van der Waals surface area contributed by atoms with Crippen LogP contribution in [0.15, 0.2) is 40.8 Å². The number of rotatable bonds is 4. The molecule has 6 nitrogen and oxygen atoms in total. The van der Waals surface area contributed by atoms with Crippen molar-refractivity contribution in [3.8, 4) is 0 Å². The number of halogens is 2. The summed E-state index contributed by atoms with van der Waals surface area (Å²) < 4.78 is 5.02. The van der Waals surface area contributed by atoms with Crippen LogP contribution in [0.25, 0.3) is 23.1 Å². The van der Waals surface area contributed by atoms with Crippen LogP contribution < -0.4 is 0 Å². The van der Waals surface area contributed by atoms with E-state index in [0.717, 1.165) is 0 Å². The van der Waals surface area contributed by atoms with E-state index < -0.39 is 10.2 Å². The molecular weight excluding hydrogens is 355 g/mol. The predicted molar refractivity (Wildman–Crippen MR) is 91.2 cm³/mol. The van der Waals surface area contributed by atoms with Crippen molar-refractivity contribution in [1.29, 1.82) is 0 Å². The highest BCUT2D eigenvalue weighted by molar-refractivity contribution is 6.68. The van der Waals surface area contributed by atoms with Gasteiger partial charge >= 0.3 is 5.88 Å². The molecule has 24 heavy (non-hydrogen) atoms. The van der Waals surface area contributed by atoms with Crippen molar-refractivity contribution in [2.45, 2.75) is 0 Å². The van der Waals surface area contributed by atoms with Crippen molar-refractivity contribution < 1.29 is 14.1 Å². The number of nitro groups is 1. The van der Waals surface area contributed by atoms with Crippen molar-refractivity contribution >= 4 is 57.4 Å².